The highest BCUT2D eigenvalue weighted by atomic mass is 32.2. The standard InChI is InChI=1S/C17H27NO14S3/c1-6-27-16(19)10(17(20)28-7-2)8-18-9-11-12(30-33(3,21)22)13(31-34(4,23)24)14(15(18)29-11)32-35(5,25)26/h8,11-15H,6-7,9H2,1-5H3/t11-,12+,13+,14-,15-/m1/s1. The third-order valence-electron chi connectivity index (χ3n) is 4.47. The Labute approximate surface area is 203 Å². The van der Waals surface area contributed by atoms with Gasteiger partial charge in [0.25, 0.3) is 30.4 Å². The van der Waals surface area contributed by atoms with E-state index in [1.807, 2.05) is 0 Å². The van der Waals surface area contributed by atoms with Crippen molar-refractivity contribution in [3.63, 3.8) is 0 Å². The van der Waals surface area contributed by atoms with Gasteiger partial charge in [-0.3, -0.25) is 12.5 Å². The monoisotopic (exact) mass is 565 g/mol. The maximum atomic E-state index is 12.4. The van der Waals surface area contributed by atoms with Gasteiger partial charge in [-0.15, -0.1) is 0 Å². The summed E-state index contributed by atoms with van der Waals surface area (Å²) in [5.74, 6) is -2.11. The van der Waals surface area contributed by atoms with E-state index in [1.54, 1.807) is 0 Å². The third kappa shape index (κ3) is 8.36. The summed E-state index contributed by atoms with van der Waals surface area (Å²) < 4.78 is 102. The lowest BCUT2D eigenvalue weighted by Crippen LogP contribution is -2.59. The zero-order chi connectivity index (χ0) is 26.8. The molecule has 0 amide bonds. The van der Waals surface area contributed by atoms with E-state index in [0.29, 0.717) is 18.8 Å². The lowest BCUT2D eigenvalue weighted by Gasteiger charge is -2.39. The average molecular weight is 566 g/mol. The second-order valence-electron chi connectivity index (χ2n) is 7.54. The Morgan fingerprint density at radius 2 is 1.23 bits per heavy atom. The molecule has 5 atom stereocenters. The molecule has 0 aromatic carbocycles. The maximum Gasteiger partial charge on any atom is 0.347 e. The fourth-order valence-corrected chi connectivity index (χ4v) is 5.32. The van der Waals surface area contributed by atoms with Crippen LogP contribution in [0.3, 0.4) is 0 Å². The van der Waals surface area contributed by atoms with Crippen LogP contribution in [0.4, 0.5) is 0 Å². The van der Waals surface area contributed by atoms with Gasteiger partial charge >= 0.3 is 11.9 Å². The van der Waals surface area contributed by atoms with Crippen molar-refractivity contribution in [3.05, 3.63) is 11.8 Å². The summed E-state index contributed by atoms with van der Waals surface area (Å²) in [6.07, 6.45) is -4.93. The third-order valence-corrected chi connectivity index (χ3v) is 6.19. The maximum absolute atomic E-state index is 12.4. The quantitative estimate of drug-likeness (QED) is 0.0882. The molecule has 35 heavy (non-hydrogen) atoms. The van der Waals surface area contributed by atoms with Gasteiger partial charge in [-0.25, -0.2) is 9.59 Å². The average Bonchev–Trinajstić information content (AvgIpc) is 3.04. The largest absolute Gasteiger partial charge is 0.462 e. The minimum absolute atomic E-state index is 0.0769. The minimum Gasteiger partial charge on any atom is -0.462 e. The molecule has 0 aromatic heterocycles. The highest BCUT2D eigenvalue weighted by Gasteiger charge is 2.58. The number of esters is 2. The second kappa shape index (κ2) is 11.1. The molecule has 15 nitrogen and oxygen atoms in total. The van der Waals surface area contributed by atoms with Gasteiger partial charge in [0.1, 0.15) is 18.3 Å². The van der Waals surface area contributed by atoms with Crippen LogP contribution in [0.25, 0.3) is 0 Å². The summed E-state index contributed by atoms with van der Waals surface area (Å²) in [6.45, 7) is 2.57. The topological polar surface area (TPSA) is 195 Å². The number of carbonyl (C=O) groups is 2. The van der Waals surface area contributed by atoms with E-state index in [4.69, 9.17) is 26.8 Å². The Kier molecular flexibility index (Phi) is 9.29. The van der Waals surface area contributed by atoms with Gasteiger partial charge in [-0.1, -0.05) is 0 Å². The van der Waals surface area contributed by atoms with Gasteiger partial charge in [-0.2, -0.15) is 25.3 Å². The molecule has 0 unspecified atom stereocenters. The summed E-state index contributed by atoms with van der Waals surface area (Å²) in [5.41, 5.74) is -0.580. The summed E-state index contributed by atoms with van der Waals surface area (Å²) in [4.78, 5) is 25.9. The molecule has 0 radical (unpaired) electrons. The van der Waals surface area contributed by atoms with Crippen molar-refractivity contribution in [2.24, 2.45) is 0 Å². The molecule has 2 bridgehead atoms. The van der Waals surface area contributed by atoms with Crippen LogP contribution in [0.2, 0.25) is 0 Å². The Bertz CT molecular complexity index is 1140. The van der Waals surface area contributed by atoms with Crippen molar-refractivity contribution in [2.45, 2.75) is 44.5 Å². The normalized spacial score (nSPS) is 26.8. The van der Waals surface area contributed by atoms with Crippen molar-refractivity contribution in [1.82, 2.24) is 4.90 Å². The molecule has 2 rings (SSSR count). The van der Waals surface area contributed by atoms with Gasteiger partial charge in [0.05, 0.1) is 32.0 Å². The Morgan fingerprint density at radius 3 is 1.66 bits per heavy atom. The molecule has 2 aliphatic heterocycles. The highest BCUT2D eigenvalue weighted by molar-refractivity contribution is 7.86. The van der Waals surface area contributed by atoms with Crippen LogP contribution in [-0.2, 0) is 66.7 Å². The predicted molar refractivity (Wildman–Crippen MR) is 116 cm³/mol. The lowest BCUT2D eigenvalue weighted by atomic mass is 10.0. The smallest absolute Gasteiger partial charge is 0.347 e. The van der Waals surface area contributed by atoms with E-state index in [0.717, 1.165) is 11.1 Å². The summed E-state index contributed by atoms with van der Waals surface area (Å²) in [7, 11) is -12.8. The Balaban J connectivity index is 2.62. The molecule has 18 heteroatoms. The van der Waals surface area contributed by atoms with Crippen LogP contribution < -0.4 is 0 Å². The molecule has 0 spiro atoms. The number of hydrogen-bond donors (Lipinski definition) is 0. The number of likely N-dealkylation sites (tertiary alicyclic amines) is 1. The van der Waals surface area contributed by atoms with Gasteiger partial charge in [0.15, 0.2) is 17.9 Å². The van der Waals surface area contributed by atoms with Crippen LogP contribution in [0.1, 0.15) is 13.8 Å². The van der Waals surface area contributed by atoms with E-state index in [9.17, 15) is 34.8 Å². The van der Waals surface area contributed by atoms with Crippen molar-refractivity contribution in [1.29, 1.82) is 0 Å². The first-order chi connectivity index (χ1) is 16.0. The van der Waals surface area contributed by atoms with E-state index in [-0.39, 0.29) is 19.8 Å². The van der Waals surface area contributed by atoms with Crippen LogP contribution >= 0.6 is 0 Å². The molecule has 0 N–H and O–H groups in total. The van der Waals surface area contributed by atoms with E-state index >= 15 is 0 Å². The van der Waals surface area contributed by atoms with Crippen molar-refractivity contribution >= 4 is 42.3 Å². The van der Waals surface area contributed by atoms with E-state index in [2.05, 4.69) is 0 Å². The van der Waals surface area contributed by atoms with Crippen LogP contribution in [0.5, 0.6) is 0 Å². The van der Waals surface area contributed by atoms with Crippen molar-refractivity contribution in [2.75, 3.05) is 38.5 Å². The first-order valence-corrected chi connectivity index (χ1v) is 15.5. The zero-order valence-electron chi connectivity index (χ0n) is 19.5. The summed E-state index contributed by atoms with van der Waals surface area (Å²) >= 11 is 0. The van der Waals surface area contributed by atoms with Crippen molar-refractivity contribution in [3.8, 4) is 0 Å². The van der Waals surface area contributed by atoms with Crippen LogP contribution in [0.15, 0.2) is 11.8 Å². The number of carbonyl (C=O) groups excluding carboxylic acids is 2. The molecule has 0 aromatic rings. The molecule has 0 saturated carbocycles. The molecular weight excluding hydrogens is 538 g/mol. The summed E-state index contributed by atoms with van der Waals surface area (Å²) in [5, 5.41) is 0. The molecular formula is C17H27NO14S3. The predicted octanol–water partition coefficient (Wildman–Crippen LogP) is -1.93. The number of rotatable bonds is 11. The molecule has 0 aliphatic carbocycles. The van der Waals surface area contributed by atoms with Crippen LogP contribution in [0, 0.1) is 0 Å². The van der Waals surface area contributed by atoms with Gasteiger partial charge in [-0.05, 0) is 13.8 Å². The minimum atomic E-state index is -4.30. The fourth-order valence-electron chi connectivity index (χ4n) is 3.45. The molecule has 202 valence electrons. The zero-order valence-corrected chi connectivity index (χ0v) is 21.9. The first kappa shape index (κ1) is 29.4. The second-order valence-corrected chi connectivity index (χ2v) is 12.3. The van der Waals surface area contributed by atoms with Gasteiger partial charge in [0.2, 0.25) is 0 Å². The van der Waals surface area contributed by atoms with E-state index < -0.39 is 78.5 Å². The van der Waals surface area contributed by atoms with Gasteiger partial charge in [0, 0.05) is 12.7 Å². The first-order valence-electron chi connectivity index (χ1n) is 10.1. The molecule has 2 fully saturated rings. The Hall–Kier alpha value is -1.83. The fraction of sp³-hybridized carbons (Fsp3) is 0.765. The molecule has 2 heterocycles. The SMILES string of the molecule is CCOC(=O)C(=CN1C[C@H]2O[C@@H]1[C@H](OS(C)(=O)=O)[C@@H](OS(C)(=O)=O)[C@H]2OS(C)(=O)=O)C(=O)OCC. The highest BCUT2D eigenvalue weighted by Crippen LogP contribution is 2.37. The van der Waals surface area contributed by atoms with Crippen LogP contribution in [-0.4, -0.2) is 111 Å². The van der Waals surface area contributed by atoms with Gasteiger partial charge < -0.3 is 19.1 Å². The number of nitrogens with zero attached hydrogens (tertiary/aromatic N) is 1. The molecule has 2 saturated heterocycles. The van der Waals surface area contributed by atoms with E-state index in [1.165, 1.54) is 13.8 Å². The molecule has 2 aliphatic rings. The number of fused-ring (bicyclic) bond motifs is 2. The van der Waals surface area contributed by atoms with Crippen molar-refractivity contribution < 1.29 is 61.6 Å². The summed E-state index contributed by atoms with van der Waals surface area (Å²) in [6, 6.07) is 0. The Morgan fingerprint density at radius 1 is 0.800 bits per heavy atom. The lowest BCUT2D eigenvalue weighted by molar-refractivity contribution is -0.180. The number of hydrogen-bond acceptors (Lipinski definition) is 15. The number of ether oxygens (including phenoxy) is 3.